The average Bonchev–Trinajstić information content (AvgIpc) is 3.02. The van der Waals surface area contributed by atoms with Crippen LogP contribution in [0.4, 0.5) is 5.69 Å². The zero-order valence-corrected chi connectivity index (χ0v) is 9.16. The number of carbonyl (C=O) groups is 1. The van der Waals surface area contributed by atoms with E-state index in [9.17, 15) is 14.9 Å². The summed E-state index contributed by atoms with van der Waals surface area (Å²) in [6.07, 6.45) is 0.761. The molecule has 6 nitrogen and oxygen atoms in total. The predicted octanol–water partition coefficient (Wildman–Crippen LogP) is 1.57. The zero-order chi connectivity index (χ0) is 12.4. The number of epoxide rings is 1. The number of rotatable bonds is 5. The van der Waals surface area contributed by atoms with Gasteiger partial charge in [-0.15, -0.1) is 0 Å². The highest BCUT2D eigenvalue weighted by Crippen LogP contribution is 2.26. The number of non-ortho nitro benzene ring substituents is 1. The minimum absolute atomic E-state index is 0.0460. The predicted molar refractivity (Wildman–Crippen MR) is 58.3 cm³/mol. The average molecular weight is 237 g/mol. The second kappa shape index (κ2) is 4.50. The number of nitrogens with zero attached hydrogens (tertiary/aromatic N) is 1. The van der Waals surface area contributed by atoms with E-state index < -0.39 is 4.92 Å². The topological polar surface area (TPSA) is 82.0 Å². The molecule has 0 N–H and O–H groups in total. The Morgan fingerprint density at radius 2 is 2.29 bits per heavy atom. The molecule has 1 aliphatic heterocycles. The van der Waals surface area contributed by atoms with Gasteiger partial charge in [0.05, 0.1) is 16.6 Å². The number of nitro groups is 1. The normalized spacial score (nSPS) is 21.9. The SMILES string of the molecule is CC1OC1COc1ccc([N+](=O)[O-])cc1C=O. The van der Waals surface area contributed by atoms with Gasteiger partial charge in [0.25, 0.3) is 5.69 Å². The van der Waals surface area contributed by atoms with Gasteiger partial charge in [-0.25, -0.2) is 0 Å². The Morgan fingerprint density at radius 3 is 2.82 bits per heavy atom. The molecular formula is C11H11NO5. The van der Waals surface area contributed by atoms with Crippen molar-refractivity contribution in [3.63, 3.8) is 0 Å². The van der Waals surface area contributed by atoms with Gasteiger partial charge in [0.1, 0.15) is 18.5 Å². The molecule has 0 aliphatic carbocycles. The lowest BCUT2D eigenvalue weighted by atomic mass is 10.2. The summed E-state index contributed by atoms with van der Waals surface area (Å²) in [5.74, 6) is 0.341. The highest BCUT2D eigenvalue weighted by atomic mass is 16.6. The summed E-state index contributed by atoms with van der Waals surface area (Å²) in [5.41, 5.74) is 0.0444. The third-order valence-electron chi connectivity index (χ3n) is 2.57. The number of aldehydes is 1. The van der Waals surface area contributed by atoms with Crippen molar-refractivity contribution in [3.05, 3.63) is 33.9 Å². The van der Waals surface area contributed by atoms with E-state index in [2.05, 4.69) is 0 Å². The fraction of sp³-hybridized carbons (Fsp3) is 0.364. The van der Waals surface area contributed by atoms with Gasteiger partial charge < -0.3 is 9.47 Å². The summed E-state index contributed by atoms with van der Waals surface area (Å²) in [6, 6.07) is 3.92. The first-order valence-electron chi connectivity index (χ1n) is 5.13. The van der Waals surface area contributed by atoms with Crippen molar-refractivity contribution in [3.8, 4) is 5.75 Å². The van der Waals surface area contributed by atoms with Crippen LogP contribution in [0.1, 0.15) is 17.3 Å². The van der Waals surface area contributed by atoms with Gasteiger partial charge in [0, 0.05) is 12.1 Å². The third-order valence-corrected chi connectivity index (χ3v) is 2.57. The minimum Gasteiger partial charge on any atom is -0.490 e. The molecule has 6 heteroatoms. The highest BCUT2D eigenvalue weighted by molar-refractivity contribution is 5.80. The van der Waals surface area contributed by atoms with Crippen LogP contribution in [0, 0.1) is 10.1 Å². The smallest absolute Gasteiger partial charge is 0.270 e. The van der Waals surface area contributed by atoms with Crippen LogP contribution >= 0.6 is 0 Å². The molecule has 1 fully saturated rings. The lowest BCUT2D eigenvalue weighted by Crippen LogP contribution is -2.07. The maximum absolute atomic E-state index is 10.8. The number of hydrogen-bond donors (Lipinski definition) is 0. The fourth-order valence-electron chi connectivity index (χ4n) is 1.45. The summed E-state index contributed by atoms with van der Waals surface area (Å²) >= 11 is 0. The van der Waals surface area contributed by atoms with E-state index in [1.165, 1.54) is 18.2 Å². The van der Waals surface area contributed by atoms with Crippen molar-refractivity contribution in [1.29, 1.82) is 0 Å². The van der Waals surface area contributed by atoms with Crippen molar-refractivity contribution >= 4 is 12.0 Å². The number of hydrogen-bond acceptors (Lipinski definition) is 5. The van der Waals surface area contributed by atoms with Crippen LogP contribution < -0.4 is 4.74 Å². The third kappa shape index (κ3) is 2.59. The van der Waals surface area contributed by atoms with Gasteiger partial charge in [-0.2, -0.15) is 0 Å². The van der Waals surface area contributed by atoms with Crippen molar-refractivity contribution in [1.82, 2.24) is 0 Å². The molecule has 0 bridgehead atoms. The van der Waals surface area contributed by atoms with E-state index in [4.69, 9.17) is 9.47 Å². The van der Waals surface area contributed by atoms with Crippen LogP contribution in [0.2, 0.25) is 0 Å². The van der Waals surface area contributed by atoms with Gasteiger partial charge in [-0.1, -0.05) is 0 Å². The molecule has 0 radical (unpaired) electrons. The first-order chi connectivity index (χ1) is 8.11. The largest absolute Gasteiger partial charge is 0.490 e. The maximum Gasteiger partial charge on any atom is 0.270 e. The Kier molecular flexibility index (Phi) is 3.06. The molecule has 90 valence electrons. The van der Waals surface area contributed by atoms with Gasteiger partial charge >= 0.3 is 0 Å². The van der Waals surface area contributed by atoms with Crippen LogP contribution in [0.3, 0.4) is 0 Å². The monoisotopic (exact) mass is 237 g/mol. The summed E-state index contributed by atoms with van der Waals surface area (Å²) < 4.78 is 10.5. The first kappa shape index (κ1) is 11.5. The molecule has 1 saturated heterocycles. The molecule has 1 aromatic carbocycles. The molecule has 17 heavy (non-hydrogen) atoms. The number of nitro benzene ring substituents is 1. The van der Waals surface area contributed by atoms with Crippen molar-refractivity contribution in [2.75, 3.05) is 6.61 Å². The molecule has 0 spiro atoms. The first-order valence-corrected chi connectivity index (χ1v) is 5.13. The van der Waals surface area contributed by atoms with E-state index in [1.54, 1.807) is 0 Å². The van der Waals surface area contributed by atoms with E-state index >= 15 is 0 Å². The Hall–Kier alpha value is -1.95. The molecule has 0 aromatic heterocycles. The Bertz CT molecular complexity index is 459. The van der Waals surface area contributed by atoms with Crippen molar-refractivity contribution in [2.45, 2.75) is 19.1 Å². The Morgan fingerprint density at radius 1 is 1.59 bits per heavy atom. The summed E-state index contributed by atoms with van der Waals surface area (Å²) in [7, 11) is 0. The quantitative estimate of drug-likeness (QED) is 0.336. The van der Waals surface area contributed by atoms with Crippen LogP contribution in [-0.2, 0) is 4.74 Å². The summed E-state index contributed by atoms with van der Waals surface area (Å²) in [6.45, 7) is 2.27. The summed E-state index contributed by atoms with van der Waals surface area (Å²) in [5, 5.41) is 10.5. The second-order valence-corrected chi connectivity index (χ2v) is 3.79. The molecular weight excluding hydrogens is 226 g/mol. The molecule has 1 aromatic rings. The zero-order valence-electron chi connectivity index (χ0n) is 9.16. The lowest BCUT2D eigenvalue weighted by molar-refractivity contribution is -0.384. The molecule has 1 heterocycles. The Balaban J connectivity index is 2.10. The van der Waals surface area contributed by atoms with Crippen LogP contribution in [0.15, 0.2) is 18.2 Å². The lowest BCUT2D eigenvalue weighted by Gasteiger charge is -2.06. The molecule has 2 atom stereocenters. The molecule has 0 saturated carbocycles. The molecule has 2 rings (SSSR count). The van der Waals surface area contributed by atoms with E-state index in [0.717, 1.165) is 0 Å². The van der Waals surface area contributed by atoms with E-state index in [0.29, 0.717) is 18.6 Å². The van der Waals surface area contributed by atoms with Gasteiger partial charge in [-0.3, -0.25) is 14.9 Å². The number of ether oxygens (including phenoxy) is 2. The maximum atomic E-state index is 10.8. The van der Waals surface area contributed by atoms with Gasteiger partial charge in [-0.05, 0) is 13.0 Å². The summed E-state index contributed by atoms with van der Waals surface area (Å²) in [4.78, 5) is 20.8. The Labute approximate surface area is 97.3 Å². The molecule has 1 aliphatic rings. The minimum atomic E-state index is -0.553. The fourth-order valence-corrected chi connectivity index (χ4v) is 1.45. The van der Waals surface area contributed by atoms with E-state index in [-0.39, 0.29) is 23.5 Å². The number of benzene rings is 1. The highest BCUT2D eigenvalue weighted by Gasteiger charge is 2.34. The van der Waals surface area contributed by atoms with E-state index in [1.807, 2.05) is 6.92 Å². The van der Waals surface area contributed by atoms with Crippen LogP contribution in [-0.4, -0.2) is 30.0 Å². The van der Waals surface area contributed by atoms with Gasteiger partial charge in [0.2, 0.25) is 0 Å². The molecule has 0 amide bonds. The van der Waals surface area contributed by atoms with Crippen molar-refractivity contribution < 1.29 is 19.2 Å². The standard InChI is InChI=1S/C11H11NO5/c1-7-11(17-7)6-16-10-3-2-9(12(14)15)4-8(10)5-13/h2-5,7,11H,6H2,1H3. The van der Waals surface area contributed by atoms with Gasteiger partial charge in [0.15, 0.2) is 6.29 Å². The van der Waals surface area contributed by atoms with Crippen LogP contribution in [0.25, 0.3) is 0 Å². The number of carbonyl (C=O) groups excluding carboxylic acids is 1. The van der Waals surface area contributed by atoms with Crippen molar-refractivity contribution in [2.24, 2.45) is 0 Å². The second-order valence-electron chi connectivity index (χ2n) is 3.79. The molecule has 2 unspecified atom stereocenters. The van der Waals surface area contributed by atoms with Crippen LogP contribution in [0.5, 0.6) is 5.75 Å².